The lowest BCUT2D eigenvalue weighted by Gasteiger charge is -2.19. The van der Waals surface area contributed by atoms with Gasteiger partial charge >= 0.3 is 12.1 Å². The highest BCUT2D eigenvalue weighted by Gasteiger charge is 2.14. The van der Waals surface area contributed by atoms with Crippen molar-refractivity contribution in [3.8, 4) is 0 Å². The zero-order valence-electron chi connectivity index (χ0n) is 26.7. The second kappa shape index (κ2) is 19.4. The van der Waals surface area contributed by atoms with Gasteiger partial charge in [-0.05, 0) is 61.4 Å². The molecule has 2 heterocycles. The Morgan fingerprint density at radius 1 is 0.587 bits per heavy atom. The van der Waals surface area contributed by atoms with Crippen molar-refractivity contribution < 1.29 is 19.8 Å². The van der Waals surface area contributed by atoms with Gasteiger partial charge in [-0.1, -0.05) is 51.4 Å². The van der Waals surface area contributed by atoms with Gasteiger partial charge in [0.05, 0.1) is 25.3 Å². The number of rotatable bonds is 17. The van der Waals surface area contributed by atoms with Crippen molar-refractivity contribution in [3.05, 3.63) is 59.7 Å². The summed E-state index contributed by atoms with van der Waals surface area (Å²) in [5.74, 6) is 1.53. The lowest BCUT2D eigenvalue weighted by Crippen LogP contribution is -2.39. The number of anilines is 2. The number of hydrogen-bond donors (Lipinski definition) is 8. The third-order valence-electron chi connectivity index (χ3n) is 7.94. The van der Waals surface area contributed by atoms with Crippen LogP contribution in [0, 0.1) is 0 Å². The van der Waals surface area contributed by atoms with Gasteiger partial charge < -0.3 is 42.1 Å². The van der Waals surface area contributed by atoms with E-state index in [9.17, 15) is 19.8 Å². The third-order valence-corrected chi connectivity index (χ3v) is 7.94. The maximum Gasteiger partial charge on any atom is 0.319 e. The molecule has 2 aliphatic heterocycles. The number of carbonyl (C=O) groups is 2. The highest BCUT2D eigenvalue weighted by molar-refractivity contribution is 6.00. The van der Waals surface area contributed by atoms with E-state index in [1.807, 2.05) is 48.5 Å². The first-order valence-corrected chi connectivity index (χ1v) is 16.7. The van der Waals surface area contributed by atoms with E-state index in [0.717, 1.165) is 59.9 Å². The standard InChI is InChI=1S/C34H50N8O4/c43-29-21-37-31(38-22-29)25-11-15-27(16-12-25)41-33(45)35-19-9-7-5-3-1-2-4-6-8-10-20-36-34(46)42-28-17-13-26(14-18-28)32-39-23-30(44)24-40-32/h11-18,29-30,43-44H,1-10,19-24H2,(H,37,38)(H,39,40)(H2,35,41,45)(H2,36,42,46). The molecule has 0 saturated heterocycles. The van der Waals surface area contributed by atoms with Gasteiger partial charge in [0, 0.05) is 48.7 Å². The first-order chi connectivity index (χ1) is 22.5. The summed E-state index contributed by atoms with van der Waals surface area (Å²) >= 11 is 0. The maximum absolute atomic E-state index is 12.2. The molecule has 2 unspecified atom stereocenters. The molecule has 0 aromatic heterocycles. The summed E-state index contributed by atoms with van der Waals surface area (Å²) in [6.07, 6.45) is 10.5. The molecular weight excluding hydrogens is 584 g/mol. The van der Waals surface area contributed by atoms with Gasteiger partial charge in [0.1, 0.15) is 11.7 Å². The van der Waals surface area contributed by atoms with E-state index in [0.29, 0.717) is 39.3 Å². The van der Waals surface area contributed by atoms with E-state index < -0.39 is 12.2 Å². The molecule has 12 nitrogen and oxygen atoms in total. The SMILES string of the molecule is O=C(NCCCCCCCCCCCCNC(=O)Nc1ccc(C2=NCC(O)CN2)cc1)Nc1ccc(C2=NCC(O)CN2)cc1. The molecule has 46 heavy (non-hydrogen) atoms. The van der Waals surface area contributed by atoms with Crippen molar-refractivity contribution in [3.63, 3.8) is 0 Å². The quantitative estimate of drug-likeness (QED) is 0.122. The van der Waals surface area contributed by atoms with Crippen molar-refractivity contribution in [2.45, 2.75) is 76.4 Å². The number of amides is 4. The number of aliphatic hydroxyl groups is 2. The maximum atomic E-state index is 12.2. The minimum Gasteiger partial charge on any atom is -0.389 e. The van der Waals surface area contributed by atoms with Gasteiger partial charge in [-0.3, -0.25) is 9.98 Å². The number of hydrogen-bond acceptors (Lipinski definition) is 8. The van der Waals surface area contributed by atoms with Gasteiger partial charge in [0.2, 0.25) is 0 Å². The Labute approximate surface area is 272 Å². The van der Waals surface area contributed by atoms with Crippen LogP contribution in [0.3, 0.4) is 0 Å². The number of nitrogens with one attached hydrogen (secondary N) is 6. The van der Waals surface area contributed by atoms with Crippen LogP contribution in [-0.2, 0) is 0 Å². The molecule has 0 spiro atoms. The van der Waals surface area contributed by atoms with E-state index in [1.165, 1.54) is 38.5 Å². The van der Waals surface area contributed by atoms with Gasteiger partial charge in [-0.2, -0.15) is 0 Å². The molecule has 0 radical (unpaired) electrons. The molecule has 2 aliphatic rings. The number of urea groups is 2. The second-order valence-electron chi connectivity index (χ2n) is 11.9. The Balaban J connectivity index is 0.917. The number of amidine groups is 2. The summed E-state index contributed by atoms with van der Waals surface area (Å²) in [5.41, 5.74) is 3.31. The van der Waals surface area contributed by atoms with Gasteiger partial charge in [0.15, 0.2) is 0 Å². The van der Waals surface area contributed by atoms with Crippen LogP contribution in [0.5, 0.6) is 0 Å². The monoisotopic (exact) mass is 634 g/mol. The summed E-state index contributed by atoms with van der Waals surface area (Å²) in [6.45, 7) is 3.10. The van der Waals surface area contributed by atoms with Crippen molar-refractivity contribution >= 4 is 35.1 Å². The van der Waals surface area contributed by atoms with Crippen molar-refractivity contribution in [1.29, 1.82) is 0 Å². The highest BCUT2D eigenvalue weighted by Crippen LogP contribution is 2.13. The molecule has 12 heteroatoms. The van der Waals surface area contributed by atoms with E-state index in [-0.39, 0.29) is 12.1 Å². The van der Waals surface area contributed by atoms with E-state index in [2.05, 4.69) is 41.9 Å². The average molecular weight is 635 g/mol. The van der Waals surface area contributed by atoms with E-state index in [1.54, 1.807) is 0 Å². The smallest absolute Gasteiger partial charge is 0.319 e. The number of β-amino-alcohol motifs (C(OH)–C–C–N with tert-alkyl or cyclic N) is 2. The fraction of sp³-hybridized carbons (Fsp3) is 0.529. The molecule has 4 rings (SSSR count). The van der Waals surface area contributed by atoms with Crippen LogP contribution in [0.25, 0.3) is 0 Å². The minimum absolute atomic E-state index is 0.198. The number of aliphatic hydroxyl groups excluding tert-OH is 2. The van der Waals surface area contributed by atoms with Gasteiger partial charge in [-0.15, -0.1) is 0 Å². The first kappa shape index (κ1) is 34.7. The van der Waals surface area contributed by atoms with Crippen LogP contribution >= 0.6 is 0 Å². The Hall–Kier alpha value is -4.16. The Kier molecular flexibility index (Phi) is 14.6. The molecule has 0 fully saturated rings. The average Bonchev–Trinajstić information content (AvgIpc) is 3.06. The number of benzene rings is 2. The molecular formula is C34H50N8O4. The Morgan fingerprint density at radius 3 is 1.26 bits per heavy atom. The van der Waals surface area contributed by atoms with E-state index >= 15 is 0 Å². The van der Waals surface area contributed by atoms with Crippen LogP contribution in [0.4, 0.5) is 21.0 Å². The number of carbonyl (C=O) groups excluding carboxylic acids is 2. The van der Waals surface area contributed by atoms with Crippen LogP contribution in [0.1, 0.15) is 75.3 Å². The molecule has 2 aromatic rings. The zero-order valence-corrected chi connectivity index (χ0v) is 26.7. The number of aliphatic imine (C=N–C) groups is 2. The fourth-order valence-corrected chi connectivity index (χ4v) is 5.29. The molecule has 0 bridgehead atoms. The Bertz CT molecular complexity index is 1180. The normalized spacial score (nSPS) is 17.5. The van der Waals surface area contributed by atoms with Crippen molar-refractivity contribution in [2.75, 3.05) is 49.9 Å². The summed E-state index contributed by atoms with van der Waals surface area (Å²) < 4.78 is 0. The minimum atomic E-state index is -0.441. The molecule has 2 atom stereocenters. The van der Waals surface area contributed by atoms with Crippen LogP contribution in [0.2, 0.25) is 0 Å². The predicted octanol–water partition coefficient (Wildman–Crippen LogP) is 3.95. The van der Waals surface area contributed by atoms with Gasteiger partial charge in [-0.25, -0.2) is 9.59 Å². The molecule has 0 saturated carbocycles. The fourth-order valence-electron chi connectivity index (χ4n) is 5.29. The second-order valence-corrected chi connectivity index (χ2v) is 11.9. The lowest BCUT2D eigenvalue weighted by molar-refractivity contribution is 0.181. The predicted molar refractivity (Wildman–Crippen MR) is 184 cm³/mol. The van der Waals surface area contributed by atoms with Crippen LogP contribution < -0.4 is 31.9 Å². The van der Waals surface area contributed by atoms with Crippen molar-refractivity contribution in [2.24, 2.45) is 9.98 Å². The van der Waals surface area contributed by atoms with Crippen LogP contribution in [0.15, 0.2) is 58.5 Å². The highest BCUT2D eigenvalue weighted by atomic mass is 16.3. The summed E-state index contributed by atoms with van der Waals surface area (Å²) in [5, 5.41) is 36.9. The molecule has 250 valence electrons. The Morgan fingerprint density at radius 2 is 0.935 bits per heavy atom. The molecule has 0 aliphatic carbocycles. The summed E-state index contributed by atoms with van der Waals surface area (Å²) in [6, 6.07) is 14.6. The summed E-state index contributed by atoms with van der Waals surface area (Å²) in [7, 11) is 0. The largest absolute Gasteiger partial charge is 0.389 e. The number of nitrogens with zero attached hydrogens (tertiary/aromatic N) is 2. The summed E-state index contributed by atoms with van der Waals surface area (Å²) in [4.78, 5) is 33.0. The van der Waals surface area contributed by atoms with Crippen molar-refractivity contribution in [1.82, 2.24) is 21.3 Å². The number of unbranched alkanes of at least 4 members (excludes halogenated alkanes) is 9. The molecule has 4 amide bonds. The first-order valence-electron chi connectivity index (χ1n) is 16.7. The third kappa shape index (κ3) is 12.7. The van der Waals surface area contributed by atoms with Gasteiger partial charge in [0.25, 0.3) is 0 Å². The van der Waals surface area contributed by atoms with E-state index in [4.69, 9.17) is 0 Å². The molecule has 8 N–H and O–H groups in total. The topological polar surface area (TPSA) is 172 Å². The molecule has 2 aromatic carbocycles. The van der Waals surface area contributed by atoms with Crippen LogP contribution in [-0.4, -0.2) is 85.4 Å². The lowest BCUT2D eigenvalue weighted by atomic mass is 10.1. The zero-order chi connectivity index (χ0) is 32.4.